The summed E-state index contributed by atoms with van der Waals surface area (Å²) in [6.07, 6.45) is 7.05. The van der Waals surface area contributed by atoms with E-state index in [0.29, 0.717) is 0 Å². The number of quaternary nitrogens is 1. The van der Waals surface area contributed by atoms with Gasteiger partial charge >= 0.3 is 0 Å². The molecule has 0 unspecified atom stereocenters. The average Bonchev–Trinajstić information content (AvgIpc) is 1.85. The Bertz CT molecular complexity index is 188. The van der Waals surface area contributed by atoms with Gasteiger partial charge in [-0.05, 0) is 25.7 Å². The summed E-state index contributed by atoms with van der Waals surface area (Å²) in [6.45, 7) is 0. The van der Waals surface area contributed by atoms with Gasteiger partial charge in [0.1, 0.15) is 0 Å². The van der Waals surface area contributed by atoms with Crippen LogP contribution in [0.5, 0.6) is 0 Å². The first-order valence-electron chi connectivity index (χ1n) is 3.89. The molecule has 1 aliphatic carbocycles. The average molecular weight is 196 g/mol. The molecule has 1 aliphatic rings. The summed E-state index contributed by atoms with van der Waals surface area (Å²) >= 11 is 0. The molecule has 12 heavy (non-hydrogen) atoms. The van der Waals surface area contributed by atoms with Crippen LogP contribution in [0.4, 0.5) is 0 Å². The Morgan fingerprint density at radius 1 is 1.08 bits per heavy atom. The van der Waals surface area contributed by atoms with Crippen LogP contribution >= 0.6 is 0 Å². The Hall–Kier alpha value is -0.170. The number of hydrogen-bond donors (Lipinski definition) is 1. The van der Waals surface area contributed by atoms with Crippen LogP contribution in [-0.4, -0.2) is 23.6 Å². The highest BCUT2D eigenvalue weighted by Crippen LogP contribution is 2.13. The first-order valence-corrected chi connectivity index (χ1v) is 5.22. The Morgan fingerprint density at radius 2 is 1.42 bits per heavy atom. The van der Waals surface area contributed by atoms with Crippen molar-refractivity contribution in [1.29, 1.82) is 0 Å². The molecule has 1 rings (SSSR count). The molecule has 0 bridgehead atoms. The summed E-state index contributed by atoms with van der Waals surface area (Å²) in [7, 11) is -5.17. The highest BCUT2D eigenvalue weighted by atomic mass is 32.3. The molecule has 5 nitrogen and oxygen atoms in total. The quantitative estimate of drug-likeness (QED) is 0.405. The maximum Gasteiger partial charge on any atom is 0.0843 e. The van der Waals surface area contributed by atoms with Gasteiger partial charge < -0.3 is 14.8 Å². The Balaban J connectivity index is 0.000000217. The van der Waals surface area contributed by atoms with Crippen LogP contribution in [0.1, 0.15) is 32.1 Å². The SMILES string of the molecule is O=S(=O)([O-])[O-].[NH3+]C1CCCCC1. The summed E-state index contributed by atoms with van der Waals surface area (Å²) in [4.78, 5) is 0. The van der Waals surface area contributed by atoms with E-state index in [9.17, 15) is 0 Å². The molecule has 0 aliphatic heterocycles. The minimum Gasteiger partial charge on any atom is -0.759 e. The smallest absolute Gasteiger partial charge is 0.0843 e. The molecule has 3 N–H and O–H groups in total. The van der Waals surface area contributed by atoms with Gasteiger partial charge in [-0.2, -0.15) is 0 Å². The van der Waals surface area contributed by atoms with E-state index in [-0.39, 0.29) is 0 Å². The third-order valence-corrected chi connectivity index (χ3v) is 1.72. The fourth-order valence-corrected chi connectivity index (χ4v) is 1.19. The van der Waals surface area contributed by atoms with Gasteiger partial charge in [0.15, 0.2) is 0 Å². The highest BCUT2D eigenvalue weighted by molar-refractivity contribution is 7.79. The fraction of sp³-hybridized carbons (Fsp3) is 1.00. The second-order valence-electron chi connectivity index (χ2n) is 2.91. The molecule has 0 aromatic heterocycles. The molecule has 0 aromatic rings. The summed E-state index contributed by atoms with van der Waals surface area (Å²) in [5.74, 6) is 0. The van der Waals surface area contributed by atoms with Gasteiger partial charge in [0, 0.05) is 10.4 Å². The van der Waals surface area contributed by atoms with Crippen LogP contribution in [0.25, 0.3) is 0 Å². The Labute approximate surface area is 72.5 Å². The Morgan fingerprint density at radius 3 is 1.58 bits per heavy atom. The normalized spacial score (nSPS) is 19.6. The van der Waals surface area contributed by atoms with E-state index in [2.05, 4.69) is 5.73 Å². The molecule has 74 valence electrons. The minimum absolute atomic E-state index is 0.786. The number of hydrogen-bond acceptors (Lipinski definition) is 4. The second-order valence-corrected chi connectivity index (χ2v) is 3.73. The molecular weight excluding hydrogens is 182 g/mol. The molecule has 6 heteroatoms. The van der Waals surface area contributed by atoms with Crippen molar-refractivity contribution in [2.24, 2.45) is 0 Å². The van der Waals surface area contributed by atoms with Crippen LogP contribution in [0.3, 0.4) is 0 Å². The van der Waals surface area contributed by atoms with E-state index in [1.165, 1.54) is 32.1 Å². The lowest BCUT2D eigenvalue weighted by Crippen LogP contribution is -2.61. The number of rotatable bonds is 0. The molecular formula is C6H14NO4S-. The van der Waals surface area contributed by atoms with Gasteiger partial charge in [0.25, 0.3) is 0 Å². The van der Waals surface area contributed by atoms with E-state index in [1.807, 2.05) is 0 Å². The summed E-state index contributed by atoms with van der Waals surface area (Å²) in [5, 5.41) is 0. The predicted molar refractivity (Wildman–Crippen MR) is 40.2 cm³/mol. The lowest BCUT2D eigenvalue weighted by molar-refractivity contribution is -0.425. The third kappa shape index (κ3) is 12.5. The predicted octanol–water partition coefficient (Wildman–Crippen LogP) is -0.777. The highest BCUT2D eigenvalue weighted by Gasteiger charge is 2.09. The fourth-order valence-electron chi connectivity index (χ4n) is 1.19. The van der Waals surface area contributed by atoms with Crippen molar-refractivity contribution in [3.05, 3.63) is 0 Å². The second kappa shape index (κ2) is 5.47. The third-order valence-electron chi connectivity index (χ3n) is 1.72. The van der Waals surface area contributed by atoms with Gasteiger partial charge in [-0.25, -0.2) is 0 Å². The van der Waals surface area contributed by atoms with Gasteiger partial charge in [-0.1, -0.05) is 6.42 Å². The van der Waals surface area contributed by atoms with Crippen LogP contribution in [-0.2, 0) is 10.4 Å². The maximum atomic E-state index is 8.52. The van der Waals surface area contributed by atoms with Crippen molar-refractivity contribution in [3.8, 4) is 0 Å². The molecule has 0 amide bonds. The minimum atomic E-state index is -5.17. The zero-order chi connectivity index (χ0) is 9.61. The molecule has 0 heterocycles. The van der Waals surface area contributed by atoms with E-state index in [0.717, 1.165) is 6.04 Å². The molecule has 1 saturated carbocycles. The van der Waals surface area contributed by atoms with Gasteiger partial charge in [0.2, 0.25) is 0 Å². The lowest BCUT2D eigenvalue weighted by Gasteiger charge is -2.12. The monoisotopic (exact) mass is 196 g/mol. The molecule has 0 atom stereocenters. The van der Waals surface area contributed by atoms with Crippen LogP contribution in [0.15, 0.2) is 0 Å². The summed E-state index contributed by atoms with van der Waals surface area (Å²) < 4.78 is 34.1. The van der Waals surface area contributed by atoms with Crippen molar-refractivity contribution in [2.75, 3.05) is 0 Å². The Kier molecular flexibility index (Phi) is 5.39. The molecule has 0 aromatic carbocycles. The van der Waals surface area contributed by atoms with Crippen molar-refractivity contribution in [1.82, 2.24) is 0 Å². The maximum absolute atomic E-state index is 8.52. The first kappa shape index (κ1) is 11.8. The summed E-state index contributed by atoms with van der Waals surface area (Å²) in [5.41, 5.74) is 4.00. The van der Waals surface area contributed by atoms with E-state index in [1.54, 1.807) is 0 Å². The lowest BCUT2D eigenvalue weighted by atomic mass is 9.97. The van der Waals surface area contributed by atoms with Crippen LogP contribution in [0, 0.1) is 0 Å². The van der Waals surface area contributed by atoms with Gasteiger partial charge in [-0.15, -0.1) is 0 Å². The van der Waals surface area contributed by atoms with Crippen molar-refractivity contribution in [3.63, 3.8) is 0 Å². The van der Waals surface area contributed by atoms with Gasteiger partial charge in [-0.3, -0.25) is 8.42 Å². The van der Waals surface area contributed by atoms with E-state index in [4.69, 9.17) is 17.5 Å². The summed E-state index contributed by atoms with van der Waals surface area (Å²) in [6, 6.07) is 0.786. The van der Waals surface area contributed by atoms with Crippen LogP contribution < -0.4 is 5.73 Å². The topological polar surface area (TPSA) is 108 Å². The standard InChI is InChI=1S/C6H13N.H2O4S/c7-6-4-2-1-3-5-6;1-5(2,3)4/h6H,1-5,7H2;(H2,1,2,3,4)/p-1. The molecule has 1 fully saturated rings. The molecule has 0 radical (unpaired) electrons. The first-order chi connectivity index (χ1) is 5.39. The zero-order valence-corrected chi connectivity index (χ0v) is 7.68. The molecule has 0 spiro atoms. The van der Waals surface area contributed by atoms with Crippen LogP contribution in [0.2, 0.25) is 0 Å². The zero-order valence-electron chi connectivity index (χ0n) is 6.86. The van der Waals surface area contributed by atoms with E-state index < -0.39 is 10.4 Å². The van der Waals surface area contributed by atoms with E-state index >= 15 is 0 Å². The van der Waals surface area contributed by atoms with Crippen molar-refractivity contribution >= 4 is 10.4 Å². The molecule has 0 saturated heterocycles. The largest absolute Gasteiger partial charge is 0.759 e. The van der Waals surface area contributed by atoms with Gasteiger partial charge in [0.05, 0.1) is 6.04 Å². The van der Waals surface area contributed by atoms with Crippen molar-refractivity contribution < 1.29 is 23.3 Å². The van der Waals surface area contributed by atoms with Crippen molar-refractivity contribution in [2.45, 2.75) is 38.1 Å².